The summed E-state index contributed by atoms with van der Waals surface area (Å²) < 4.78 is 27.3. The molecule has 3 heterocycles. The van der Waals surface area contributed by atoms with E-state index in [1.54, 1.807) is 30.6 Å². The molecule has 0 aliphatic heterocycles. The van der Waals surface area contributed by atoms with Crippen molar-refractivity contribution in [3.05, 3.63) is 60.2 Å². The molecule has 0 fully saturated rings. The number of aromatic nitrogens is 4. The third kappa shape index (κ3) is 3.85. The van der Waals surface area contributed by atoms with Crippen LogP contribution in [0.3, 0.4) is 0 Å². The van der Waals surface area contributed by atoms with Crippen LogP contribution in [0.4, 0.5) is 20.4 Å². The maximum atomic E-state index is 13.7. The van der Waals surface area contributed by atoms with Gasteiger partial charge in [0, 0.05) is 43.8 Å². The molecule has 0 spiro atoms. The van der Waals surface area contributed by atoms with Gasteiger partial charge >= 0.3 is 0 Å². The highest BCUT2D eigenvalue weighted by molar-refractivity contribution is 5.68. The van der Waals surface area contributed by atoms with E-state index in [1.807, 2.05) is 0 Å². The number of halogens is 2. The molecule has 8 heteroatoms. The predicted octanol–water partition coefficient (Wildman–Crippen LogP) is 3.24. The van der Waals surface area contributed by atoms with E-state index < -0.39 is 5.92 Å². The molecule has 0 atom stereocenters. The lowest BCUT2D eigenvalue weighted by atomic mass is 10.1. The Morgan fingerprint density at radius 1 is 1.12 bits per heavy atom. The Balaban J connectivity index is 1.82. The van der Waals surface area contributed by atoms with E-state index in [9.17, 15) is 8.78 Å². The highest BCUT2D eigenvalue weighted by atomic mass is 19.3. The number of nitrogens with one attached hydrogen (secondary N) is 1. The van der Waals surface area contributed by atoms with Crippen molar-refractivity contribution in [3.8, 4) is 11.4 Å². The van der Waals surface area contributed by atoms with Crippen molar-refractivity contribution in [2.45, 2.75) is 19.4 Å². The van der Waals surface area contributed by atoms with E-state index in [0.717, 1.165) is 6.92 Å². The highest BCUT2D eigenvalue weighted by Gasteiger charge is 2.27. The molecule has 0 aliphatic carbocycles. The minimum atomic E-state index is -2.94. The quantitative estimate of drug-likeness (QED) is 0.740. The number of hydrogen-bond acceptors (Lipinski definition) is 6. The second-order valence-corrected chi connectivity index (χ2v) is 5.48. The number of anilines is 2. The number of nitrogens with zero attached hydrogens (tertiary/aromatic N) is 4. The molecule has 0 saturated heterocycles. The van der Waals surface area contributed by atoms with Crippen molar-refractivity contribution in [2.75, 3.05) is 11.1 Å². The van der Waals surface area contributed by atoms with Crippen LogP contribution in [-0.2, 0) is 12.5 Å². The second kappa shape index (κ2) is 6.76. The van der Waals surface area contributed by atoms with Crippen LogP contribution in [0.2, 0.25) is 0 Å². The van der Waals surface area contributed by atoms with Crippen molar-refractivity contribution in [3.63, 3.8) is 0 Å². The fourth-order valence-corrected chi connectivity index (χ4v) is 2.38. The summed E-state index contributed by atoms with van der Waals surface area (Å²) >= 11 is 0. The van der Waals surface area contributed by atoms with Crippen molar-refractivity contribution < 1.29 is 8.78 Å². The summed E-state index contributed by atoms with van der Waals surface area (Å²) in [5, 5.41) is 3.02. The van der Waals surface area contributed by atoms with Gasteiger partial charge < -0.3 is 11.1 Å². The van der Waals surface area contributed by atoms with E-state index in [0.29, 0.717) is 28.6 Å². The van der Waals surface area contributed by atoms with E-state index in [-0.39, 0.29) is 12.1 Å². The minimum Gasteiger partial charge on any atom is -0.383 e. The van der Waals surface area contributed by atoms with Gasteiger partial charge in [-0.3, -0.25) is 4.98 Å². The lowest BCUT2D eigenvalue weighted by molar-refractivity contribution is 0.0165. The van der Waals surface area contributed by atoms with E-state index in [1.165, 1.54) is 18.5 Å². The number of pyridine rings is 2. The highest BCUT2D eigenvalue weighted by Crippen LogP contribution is 2.29. The maximum absolute atomic E-state index is 13.7. The first-order valence-electron chi connectivity index (χ1n) is 7.54. The van der Waals surface area contributed by atoms with Gasteiger partial charge in [-0.25, -0.2) is 23.7 Å². The first-order valence-corrected chi connectivity index (χ1v) is 7.54. The van der Waals surface area contributed by atoms with Crippen LogP contribution in [0, 0.1) is 0 Å². The number of alkyl halides is 2. The van der Waals surface area contributed by atoms with Gasteiger partial charge in [0.2, 0.25) is 0 Å². The SMILES string of the molecule is CC(F)(F)c1ccncc1CNc1ccnc(-c2cccnc2N)n1. The molecule has 0 saturated carbocycles. The molecule has 0 amide bonds. The Morgan fingerprint density at radius 2 is 1.96 bits per heavy atom. The van der Waals surface area contributed by atoms with Gasteiger partial charge in [0.15, 0.2) is 5.82 Å². The Kier molecular flexibility index (Phi) is 4.51. The summed E-state index contributed by atoms with van der Waals surface area (Å²) in [6.07, 6.45) is 5.91. The van der Waals surface area contributed by atoms with Crippen molar-refractivity contribution in [1.29, 1.82) is 0 Å². The average Bonchev–Trinajstić information content (AvgIpc) is 2.60. The Morgan fingerprint density at radius 3 is 2.72 bits per heavy atom. The monoisotopic (exact) mass is 342 g/mol. The fourth-order valence-electron chi connectivity index (χ4n) is 2.38. The molecule has 25 heavy (non-hydrogen) atoms. The first-order chi connectivity index (χ1) is 11.9. The van der Waals surface area contributed by atoms with Crippen molar-refractivity contribution >= 4 is 11.6 Å². The van der Waals surface area contributed by atoms with Gasteiger partial charge in [-0.05, 0) is 29.8 Å². The molecule has 0 aromatic carbocycles. The number of rotatable bonds is 5. The van der Waals surface area contributed by atoms with Gasteiger partial charge in [-0.1, -0.05) is 0 Å². The van der Waals surface area contributed by atoms with E-state index >= 15 is 0 Å². The summed E-state index contributed by atoms with van der Waals surface area (Å²) in [4.78, 5) is 16.5. The molecule has 6 nitrogen and oxygen atoms in total. The molecule has 0 bridgehead atoms. The zero-order valence-electron chi connectivity index (χ0n) is 13.4. The zero-order valence-corrected chi connectivity index (χ0v) is 13.4. The van der Waals surface area contributed by atoms with Crippen LogP contribution in [0.25, 0.3) is 11.4 Å². The maximum Gasteiger partial charge on any atom is 0.270 e. The summed E-state index contributed by atoms with van der Waals surface area (Å²) in [5.74, 6) is -1.73. The predicted molar refractivity (Wildman–Crippen MR) is 90.8 cm³/mol. The molecule has 128 valence electrons. The van der Waals surface area contributed by atoms with Crippen molar-refractivity contribution in [2.24, 2.45) is 0 Å². The topological polar surface area (TPSA) is 89.6 Å². The van der Waals surface area contributed by atoms with Gasteiger partial charge in [0.25, 0.3) is 5.92 Å². The lowest BCUT2D eigenvalue weighted by Crippen LogP contribution is -2.14. The summed E-state index contributed by atoms with van der Waals surface area (Å²) in [6.45, 7) is 1.02. The molecule has 3 rings (SSSR count). The van der Waals surface area contributed by atoms with Crippen LogP contribution in [0.5, 0.6) is 0 Å². The Labute approximate surface area is 143 Å². The van der Waals surface area contributed by atoms with Gasteiger partial charge in [0.05, 0.1) is 5.56 Å². The molecule has 3 aromatic heterocycles. The smallest absolute Gasteiger partial charge is 0.270 e. The summed E-state index contributed by atoms with van der Waals surface area (Å²) in [5.41, 5.74) is 6.77. The first kappa shape index (κ1) is 16.7. The molecule has 3 aromatic rings. The average molecular weight is 342 g/mol. The van der Waals surface area contributed by atoms with Crippen LogP contribution < -0.4 is 11.1 Å². The fraction of sp³-hybridized carbons (Fsp3) is 0.176. The number of hydrogen-bond donors (Lipinski definition) is 2. The van der Waals surface area contributed by atoms with Crippen LogP contribution in [0.15, 0.2) is 49.1 Å². The second-order valence-electron chi connectivity index (χ2n) is 5.48. The largest absolute Gasteiger partial charge is 0.383 e. The third-order valence-electron chi connectivity index (χ3n) is 3.57. The van der Waals surface area contributed by atoms with Crippen molar-refractivity contribution in [1.82, 2.24) is 19.9 Å². The molecule has 0 radical (unpaired) electrons. The van der Waals surface area contributed by atoms with Crippen LogP contribution in [0.1, 0.15) is 18.1 Å². The third-order valence-corrected chi connectivity index (χ3v) is 3.57. The van der Waals surface area contributed by atoms with Gasteiger partial charge in [-0.15, -0.1) is 0 Å². The molecular weight excluding hydrogens is 326 g/mol. The van der Waals surface area contributed by atoms with E-state index in [4.69, 9.17) is 5.73 Å². The number of nitrogens with two attached hydrogens (primary N) is 1. The van der Waals surface area contributed by atoms with E-state index in [2.05, 4.69) is 25.3 Å². The zero-order chi connectivity index (χ0) is 17.9. The standard InChI is InChI=1S/C17H16F2N6/c1-17(18,19)13-4-7-21-9-11(13)10-24-14-5-8-23-16(25-14)12-3-2-6-22-15(12)20/h2-9H,10H2,1H3,(H2,20,22)(H,23,24,25). The molecule has 3 N–H and O–H groups in total. The number of nitrogen functional groups attached to an aromatic ring is 1. The summed E-state index contributed by atoms with van der Waals surface area (Å²) in [7, 11) is 0. The Bertz CT molecular complexity index is 879. The Hall–Kier alpha value is -3.16. The molecule has 0 aliphatic rings. The molecular formula is C17H16F2N6. The van der Waals surface area contributed by atoms with Crippen LogP contribution in [-0.4, -0.2) is 19.9 Å². The lowest BCUT2D eigenvalue weighted by Gasteiger charge is -2.16. The minimum absolute atomic E-state index is 0.0687. The molecule has 0 unspecified atom stereocenters. The summed E-state index contributed by atoms with van der Waals surface area (Å²) in [6, 6.07) is 6.47. The normalized spacial score (nSPS) is 11.3. The van der Waals surface area contributed by atoms with Crippen LogP contribution >= 0.6 is 0 Å². The van der Waals surface area contributed by atoms with Gasteiger partial charge in [0.1, 0.15) is 11.6 Å². The van der Waals surface area contributed by atoms with Gasteiger partial charge in [-0.2, -0.15) is 0 Å².